The molecule has 2 N–H and O–H groups in total. The molecule has 2 aromatic rings. The summed E-state index contributed by atoms with van der Waals surface area (Å²) in [6, 6.07) is 13.5. The summed E-state index contributed by atoms with van der Waals surface area (Å²) < 4.78 is 0. The van der Waals surface area contributed by atoms with Crippen LogP contribution in [0.3, 0.4) is 0 Å². The van der Waals surface area contributed by atoms with E-state index in [9.17, 15) is 9.90 Å². The molecule has 1 aliphatic rings. The lowest BCUT2D eigenvalue weighted by Gasteiger charge is -2.28. The molecule has 0 radical (unpaired) electrons. The van der Waals surface area contributed by atoms with E-state index in [4.69, 9.17) is 0 Å². The molecule has 0 unspecified atom stereocenters. The quantitative estimate of drug-likeness (QED) is 0.869. The van der Waals surface area contributed by atoms with Gasteiger partial charge in [0, 0.05) is 27.3 Å². The molecule has 1 amide bonds. The fraction of sp³-hybridized carbons (Fsp3) is 0.421. The number of carbonyl (C=O) groups excluding carboxylic acids is 1. The van der Waals surface area contributed by atoms with E-state index in [1.807, 2.05) is 36.4 Å². The first-order valence-corrected chi connectivity index (χ1v) is 9.04. The van der Waals surface area contributed by atoms with Crippen molar-refractivity contribution < 1.29 is 9.90 Å². The van der Waals surface area contributed by atoms with Gasteiger partial charge in [0.1, 0.15) is 0 Å². The Morgan fingerprint density at radius 2 is 1.91 bits per heavy atom. The molecule has 23 heavy (non-hydrogen) atoms. The van der Waals surface area contributed by atoms with Gasteiger partial charge in [-0.05, 0) is 44.0 Å². The molecule has 1 aromatic carbocycles. The zero-order valence-electron chi connectivity index (χ0n) is 13.4. The van der Waals surface area contributed by atoms with Gasteiger partial charge in [-0.25, -0.2) is 0 Å². The van der Waals surface area contributed by atoms with Crippen molar-refractivity contribution in [1.29, 1.82) is 0 Å². The van der Waals surface area contributed by atoms with Crippen molar-refractivity contribution in [3.8, 4) is 0 Å². The lowest BCUT2D eigenvalue weighted by Crippen LogP contribution is -2.38. The second kappa shape index (κ2) is 6.85. The van der Waals surface area contributed by atoms with Gasteiger partial charge < -0.3 is 10.4 Å². The van der Waals surface area contributed by atoms with Crippen LogP contribution >= 0.6 is 11.3 Å². The van der Waals surface area contributed by atoms with Gasteiger partial charge in [-0.1, -0.05) is 31.0 Å². The van der Waals surface area contributed by atoms with E-state index in [2.05, 4.69) is 11.4 Å². The molecule has 3 nitrogen and oxygen atoms in total. The van der Waals surface area contributed by atoms with Gasteiger partial charge >= 0.3 is 0 Å². The Labute approximate surface area is 141 Å². The van der Waals surface area contributed by atoms with E-state index in [1.165, 1.54) is 17.7 Å². The summed E-state index contributed by atoms with van der Waals surface area (Å²) in [5, 5.41) is 12.9. The number of rotatable bonds is 5. The number of carbonyl (C=O) groups is 1. The van der Waals surface area contributed by atoms with Crippen LogP contribution in [0.5, 0.6) is 0 Å². The van der Waals surface area contributed by atoms with Gasteiger partial charge in [0.05, 0.1) is 6.10 Å². The Morgan fingerprint density at radius 3 is 2.52 bits per heavy atom. The van der Waals surface area contributed by atoms with Crippen LogP contribution in [-0.4, -0.2) is 17.6 Å². The fourth-order valence-corrected chi connectivity index (χ4v) is 4.55. The van der Waals surface area contributed by atoms with Crippen LogP contribution < -0.4 is 5.32 Å². The van der Waals surface area contributed by atoms with E-state index in [1.54, 1.807) is 18.3 Å². The molecule has 0 bridgehead atoms. The molecule has 122 valence electrons. The summed E-state index contributed by atoms with van der Waals surface area (Å²) in [5.74, 6) is -0.0100. The largest absolute Gasteiger partial charge is 0.388 e. The molecule has 1 saturated carbocycles. The Balaban J connectivity index is 1.75. The molecule has 0 spiro atoms. The lowest BCUT2D eigenvalue weighted by molar-refractivity contribution is 0.0943. The maximum atomic E-state index is 12.3. The molecule has 1 aliphatic carbocycles. The van der Waals surface area contributed by atoms with Crippen molar-refractivity contribution >= 4 is 17.2 Å². The van der Waals surface area contributed by atoms with Crippen molar-refractivity contribution in [3.05, 3.63) is 57.8 Å². The third-order valence-electron chi connectivity index (χ3n) is 4.75. The molecular weight excluding hydrogens is 306 g/mol. The number of aliphatic hydroxyl groups excluding tert-OH is 1. The Kier molecular flexibility index (Phi) is 4.83. The van der Waals surface area contributed by atoms with Crippen molar-refractivity contribution in [1.82, 2.24) is 5.32 Å². The zero-order chi connectivity index (χ0) is 16.3. The van der Waals surface area contributed by atoms with E-state index in [0.29, 0.717) is 12.1 Å². The van der Waals surface area contributed by atoms with Gasteiger partial charge in [0.2, 0.25) is 0 Å². The highest BCUT2D eigenvalue weighted by Gasteiger charge is 2.37. The Bertz CT molecular complexity index is 657. The number of nitrogens with one attached hydrogen (secondary N) is 1. The smallest absolute Gasteiger partial charge is 0.251 e. The molecule has 3 rings (SSSR count). The van der Waals surface area contributed by atoms with Crippen molar-refractivity contribution in [3.63, 3.8) is 0 Å². The Hall–Kier alpha value is -1.65. The van der Waals surface area contributed by atoms with Crippen molar-refractivity contribution in [2.75, 3.05) is 6.54 Å². The molecular formula is C19H23NO2S. The summed E-state index contributed by atoms with van der Waals surface area (Å²) in [5.41, 5.74) is 0.735. The average molecular weight is 329 g/mol. The number of benzene rings is 1. The normalized spacial score (nSPS) is 17.8. The maximum Gasteiger partial charge on any atom is 0.251 e. The predicted molar refractivity (Wildman–Crippen MR) is 93.9 cm³/mol. The summed E-state index contributed by atoms with van der Waals surface area (Å²) >= 11 is 1.68. The first-order valence-electron chi connectivity index (χ1n) is 8.22. The van der Waals surface area contributed by atoms with Gasteiger partial charge in [-0.15, -0.1) is 11.3 Å². The fourth-order valence-electron chi connectivity index (χ4n) is 3.37. The Morgan fingerprint density at radius 1 is 1.22 bits per heavy atom. The standard InChI is InChI=1S/C19H23NO2S/c1-14(21)16-9-10-17(23-16)19(11-5-6-12-19)13-20-18(22)15-7-3-2-4-8-15/h2-4,7-10,14,21H,5-6,11-13H2,1H3,(H,20,22)/t14-/m1/s1. The van der Waals surface area contributed by atoms with Crippen LogP contribution in [0.2, 0.25) is 0 Å². The lowest BCUT2D eigenvalue weighted by atomic mass is 9.84. The minimum absolute atomic E-state index is 0.0100. The first-order chi connectivity index (χ1) is 11.1. The molecule has 1 atom stereocenters. The SMILES string of the molecule is C[C@@H](O)c1ccc(C2(CNC(=O)c3ccccc3)CCCC2)s1. The summed E-state index contributed by atoms with van der Waals surface area (Å²) in [6.07, 6.45) is 4.17. The highest BCUT2D eigenvalue weighted by molar-refractivity contribution is 7.12. The number of aliphatic hydroxyl groups is 1. The van der Waals surface area contributed by atoms with Crippen LogP contribution in [0.15, 0.2) is 42.5 Å². The van der Waals surface area contributed by atoms with Gasteiger partial charge in [-0.2, -0.15) is 0 Å². The second-order valence-corrected chi connectivity index (χ2v) is 7.53. The molecule has 1 heterocycles. The third kappa shape index (κ3) is 3.48. The van der Waals surface area contributed by atoms with Gasteiger partial charge in [0.25, 0.3) is 5.91 Å². The van der Waals surface area contributed by atoms with E-state index < -0.39 is 6.10 Å². The van der Waals surface area contributed by atoms with Crippen LogP contribution in [0.1, 0.15) is 58.8 Å². The molecule has 0 aliphatic heterocycles. The number of hydrogen-bond acceptors (Lipinski definition) is 3. The average Bonchev–Trinajstić information content (AvgIpc) is 3.23. The van der Waals surface area contributed by atoms with Crippen LogP contribution in [-0.2, 0) is 5.41 Å². The first kappa shape index (κ1) is 16.2. The van der Waals surface area contributed by atoms with E-state index in [-0.39, 0.29) is 11.3 Å². The van der Waals surface area contributed by atoms with Crippen LogP contribution in [0, 0.1) is 0 Å². The van der Waals surface area contributed by atoms with Gasteiger partial charge in [-0.3, -0.25) is 4.79 Å². The van der Waals surface area contributed by atoms with Crippen LogP contribution in [0.25, 0.3) is 0 Å². The minimum atomic E-state index is -0.425. The molecule has 0 saturated heterocycles. The highest BCUT2D eigenvalue weighted by atomic mass is 32.1. The molecule has 1 fully saturated rings. The molecule has 1 aromatic heterocycles. The summed E-state index contributed by atoms with van der Waals surface area (Å²) in [6.45, 7) is 2.47. The topological polar surface area (TPSA) is 49.3 Å². The number of thiophene rings is 1. The maximum absolute atomic E-state index is 12.3. The predicted octanol–water partition coefficient (Wildman–Crippen LogP) is 4.04. The number of hydrogen-bond donors (Lipinski definition) is 2. The monoisotopic (exact) mass is 329 g/mol. The van der Waals surface area contributed by atoms with Crippen molar-refractivity contribution in [2.24, 2.45) is 0 Å². The minimum Gasteiger partial charge on any atom is -0.388 e. The second-order valence-electron chi connectivity index (χ2n) is 6.41. The van der Waals surface area contributed by atoms with E-state index >= 15 is 0 Å². The number of amides is 1. The third-order valence-corrected chi connectivity index (χ3v) is 6.25. The molecule has 4 heteroatoms. The zero-order valence-corrected chi connectivity index (χ0v) is 14.2. The van der Waals surface area contributed by atoms with Crippen molar-refractivity contribution in [2.45, 2.75) is 44.1 Å². The summed E-state index contributed by atoms with van der Waals surface area (Å²) in [4.78, 5) is 14.6. The highest BCUT2D eigenvalue weighted by Crippen LogP contribution is 2.44. The van der Waals surface area contributed by atoms with Crippen LogP contribution in [0.4, 0.5) is 0 Å². The summed E-state index contributed by atoms with van der Waals surface area (Å²) in [7, 11) is 0. The van der Waals surface area contributed by atoms with E-state index in [0.717, 1.165) is 17.7 Å². The van der Waals surface area contributed by atoms with Gasteiger partial charge in [0.15, 0.2) is 0 Å².